The summed E-state index contributed by atoms with van der Waals surface area (Å²) in [5, 5.41) is 0. The maximum Gasteiger partial charge on any atom is 0.133 e. The monoisotopic (exact) mass is 349 g/mol. The molecule has 0 spiro atoms. The lowest BCUT2D eigenvalue weighted by molar-refractivity contribution is 0.303. The third-order valence-electron chi connectivity index (χ3n) is 3.34. The zero-order chi connectivity index (χ0) is 15.4. The molecule has 0 saturated carbocycles. The molecule has 21 heavy (non-hydrogen) atoms. The number of halogens is 1. The predicted octanol–water partition coefficient (Wildman–Crippen LogP) is 4.36. The van der Waals surface area contributed by atoms with E-state index in [2.05, 4.69) is 22.0 Å². The van der Waals surface area contributed by atoms with E-state index in [1.807, 2.05) is 44.2 Å². The van der Waals surface area contributed by atoms with Gasteiger partial charge < -0.3 is 15.2 Å². The summed E-state index contributed by atoms with van der Waals surface area (Å²) in [6.45, 7) is 4.52. The van der Waals surface area contributed by atoms with Crippen molar-refractivity contribution in [2.24, 2.45) is 5.73 Å². The second-order valence-corrected chi connectivity index (χ2v) is 5.93. The van der Waals surface area contributed by atoms with Crippen LogP contribution in [0.4, 0.5) is 0 Å². The Morgan fingerprint density at radius 3 is 2.43 bits per heavy atom. The number of aryl methyl sites for hydroxylation is 1. The second kappa shape index (κ2) is 6.96. The van der Waals surface area contributed by atoms with Crippen LogP contribution >= 0.6 is 15.9 Å². The smallest absolute Gasteiger partial charge is 0.133 e. The van der Waals surface area contributed by atoms with Crippen molar-refractivity contribution in [2.75, 3.05) is 7.11 Å². The van der Waals surface area contributed by atoms with Crippen LogP contribution in [0.25, 0.3) is 0 Å². The minimum absolute atomic E-state index is 0.0373. The molecule has 0 amide bonds. The minimum atomic E-state index is 0.0373. The quantitative estimate of drug-likeness (QED) is 0.871. The predicted molar refractivity (Wildman–Crippen MR) is 88.8 cm³/mol. The molecule has 0 aliphatic carbocycles. The lowest BCUT2D eigenvalue weighted by atomic mass is 10.1. The van der Waals surface area contributed by atoms with Crippen LogP contribution in [0, 0.1) is 6.92 Å². The first-order chi connectivity index (χ1) is 10.0. The normalized spacial score (nSPS) is 12.0. The van der Waals surface area contributed by atoms with E-state index in [1.54, 1.807) is 7.11 Å². The highest BCUT2D eigenvalue weighted by Gasteiger charge is 2.06. The van der Waals surface area contributed by atoms with Crippen molar-refractivity contribution in [1.82, 2.24) is 0 Å². The van der Waals surface area contributed by atoms with Crippen molar-refractivity contribution in [1.29, 1.82) is 0 Å². The summed E-state index contributed by atoms with van der Waals surface area (Å²) >= 11 is 3.48. The Kier molecular flexibility index (Phi) is 5.26. The molecule has 112 valence electrons. The van der Waals surface area contributed by atoms with Crippen molar-refractivity contribution >= 4 is 15.9 Å². The van der Waals surface area contributed by atoms with Crippen LogP contribution in [0.5, 0.6) is 11.5 Å². The SMILES string of the molecule is COc1ccc(COc2ccc([C@H](C)N)cc2C)cc1Br. The molecule has 0 aliphatic heterocycles. The maximum atomic E-state index is 5.88. The molecule has 0 aromatic heterocycles. The zero-order valence-electron chi connectivity index (χ0n) is 12.5. The Labute approximate surface area is 134 Å². The highest BCUT2D eigenvalue weighted by Crippen LogP contribution is 2.27. The molecule has 2 aromatic rings. The second-order valence-electron chi connectivity index (χ2n) is 5.07. The molecule has 1 atom stereocenters. The van der Waals surface area contributed by atoms with E-state index < -0.39 is 0 Å². The molecular weight excluding hydrogens is 330 g/mol. The van der Waals surface area contributed by atoms with E-state index in [4.69, 9.17) is 15.2 Å². The van der Waals surface area contributed by atoms with Crippen LogP contribution in [0.3, 0.4) is 0 Å². The van der Waals surface area contributed by atoms with Gasteiger partial charge in [0.2, 0.25) is 0 Å². The van der Waals surface area contributed by atoms with E-state index in [9.17, 15) is 0 Å². The Morgan fingerprint density at radius 2 is 1.86 bits per heavy atom. The molecule has 0 fully saturated rings. The molecular formula is C17H20BrNO2. The zero-order valence-corrected chi connectivity index (χ0v) is 14.1. The Bertz CT molecular complexity index is 626. The Balaban J connectivity index is 2.08. The molecule has 2 N–H and O–H groups in total. The van der Waals surface area contributed by atoms with Gasteiger partial charge in [-0.2, -0.15) is 0 Å². The summed E-state index contributed by atoms with van der Waals surface area (Å²) in [7, 11) is 1.65. The standard InChI is InChI=1S/C17H20BrNO2/c1-11-8-14(12(2)19)5-7-16(11)21-10-13-4-6-17(20-3)15(18)9-13/h4-9,12H,10,19H2,1-3H3/t12-/m0/s1. The molecule has 4 heteroatoms. The lowest BCUT2D eigenvalue weighted by Gasteiger charge is -2.13. The number of rotatable bonds is 5. The van der Waals surface area contributed by atoms with Gasteiger partial charge in [0.15, 0.2) is 0 Å². The lowest BCUT2D eigenvalue weighted by Crippen LogP contribution is -2.05. The van der Waals surface area contributed by atoms with Crippen LogP contribution in [-0.4, -0.2) is 7.11 Å². The molecule has 0 radical (unpaired) electrons. The molecule has 2 rings (SSSR count). The maximum absolute atomic E-state index is 5.88. The fourth-order valence-corrected chi connectivity index (χ4v) is 2.67. The first-order valence-electron chi connectivity index (χ1n) is 6.82. The molecule has 0 saturated heterocycles. The van der Waals surface area contributed by atoms with E-state index in [0.717, 1.165) is 32.7 Å². The molecule has 0 bridgehead atoms. The highest BCUT2D eigenvalue weighted by atomic mass is 79.9. The summed E-state index contributed by atoms with van der Waals surface area (Å²) in [5.41, 5.74) is 9.18. The minimum Gasteiger partial charge on any atom is -0.496 e. The van der Waals surface area contributed by atoms with Crippen LogP contribution in [0.1, 0.15) is 29.7 Å². The Morgan fingerprint density at radius 1 is 1.14 bits per heavy atom. The van der Waals surface area contributed by atoms with Gasteiger partial charge in [-0.1, -0.05) is 18.2 Å². The number of hydrogen-bond donors (Lipinski definition) is 1. The summed E-state index contributed by atoms with van der Waals surface area (Å²) in [4.78, 5) is 0. The van der Waals surface area contributed by atoms with Crippen LogP contribution < -0.4 is 15.2 Å². The van der Waals surface area contributed by atoms with Crippen LogP contribution in [0.2, 0.25) is 0 Å². The average molecular weight is 350 g/mol. The van der Waals surface area contributed by atoms with Crippen molar-refractivity contribution < 1.29 is 9.47 Å². The third kappa shape index (κ3) is 3.99. The number of hydrogen-bond acceptors (Lipinski definition) is 3. The van der Waals surface area contributed by atoms with Gasteiger partial charge in [-0.05, 0) is 64.7 Å². The van der Waals surface area contributed by atoms with Gasteiger partial charge in [0, 0.05) is 6.04 Å². The third-order valence-corrected chi connectivity index (χ3v) is 3.96. The fraction of sp³-hybridized carbons (Fsp3) is 0.294. The number of ether oxygens (including phenoxy) is 2. The van der Waals surface area contributed by atoms with Gasteiger partial charge >= 0.3 is 0 Å². The van der Waals surface area contributed by atoms with Gasteiger partial charge in [-0.15, -0.1) is 0 Å². The average Bonchev–Trinajstić information content (AvgIpc) is 2.46. The first-order valence-corrected chi connectivity index (χ1v) is 7.62. The molecule has 0 aliphatic rings. The topological polar surface area (TPSA) is 44.5 Å². The highest BCUT2D eigenvalue weighted by molar-refractivity contribution is 9.10. The molecule has 2 aromatic carbocycles. The van der Waals surface area contributed by atoms with Gasteiger partial charge in [0.25, 0.3) is 0 Å². The van der Waals surface area contributed by atoms with Gasteiger partial charge in [-0.25, -0.2) is 0 Å². The number of nitrogens with two attached hydrogens (primary N) is 1. The molecule has 0 heterocycles. The Hall–Kier alpha value is -1.52. The van der Waals surface area contributed by atoms with Crippen LogP contribution in [-0.2, 0) is 6.61 Å². The van der Waals surface area contributed by atoms with Gasteiger partial charge in [0.05, 0.1) is 11.6 Å². The summed E-state index contributed by atoms with van der Waals surface area (Å²) < 4.78 is 12.0. The van der Waals surface area contributed by atoms with Crippen molar-refractivity contribution in [3.8, 4) is 11.5 Å². The summed E-state index contributed by atoms with van der Waals surface area (Å²) in [5.74, 6) is 1.70. The van der Waals surface area contributed by atoms with E-state index in [1.165, 1.54) is 0 Å². The van der Waals surface area contributed by atoms with Crippen molar-refractivity contribution in [3.63, 3.8) is 0 Å². The first kappa shape index (κ1) is 15.9. The van der Waals surface area contributed by atoms with Crippen molar-refractivity contribution in [3.05, 3.63) is 57.6 Å². The number of methoxy groups -OCH3 is 1. The van der Waals surface area contributed by atoms with Crippen LogP contribution in [0.15, 0.2) is 40.9 Å². The van der Waals surface area contributed by atoms with E-state index >= 15 is 0 Å². The molecule has 3 nitrogen and oxygen atoms in total. The summed E-state index contributed by atoms with van der Waals surface area (Å²) in [6.07, 6.45) is 0. The number of benzene rings is 2. The summed E-state index contributed by atoms with van der Waals surface area (Å²) in [6, 6.07) is 12.0. The van der Waals surface area contributed by atoms with E-state index in [0.29, 0.717) is 6.61 Å². The van der Waals surface area contributed by atoms with Gasteiger partial charge in [0.1, 0.15) is 18.1 Å². The van der Waals surface area contributed by atoms with E-state index in [-0.39, 0.29) is 6.04 Å². The van der Waals surface area contributed by atoms with Gasteiger partial charge in [-0.3, -0.25) is 0 Å². The molecule has 0 unspecified atom stereocenters. The fourth-order valence-electron chi connectivity index (χ4n) is 2.08. The van der Waals surface area contributed by atoms with Crippen molar-refractivity contribution in [2.45, 2.75) is 26.5 Å². The largest absolute Gasteiger partial charge is 0.496 e.